The van der Waals surface area contributed by atoms with Crippen LogP contribution in [0.4, 0.5) is 4.39 Å². The topological polar surface area (TPSA) is 21.6 Å². The van der Waals surface area contributed by atoms with Crippen molar-refractivity contribution in [1.29, 1.82) is 0 Å². The minimum atomic E-state index is -0.242. The van der Waals surface area contributed by atoms with E-state index in [4.69, 9.17) is 16.5 Å². The minimum Gasteiger partial charge on any atom is -0.442 e. The van der Waals surface area contributed by atoms with Crippen LogP contribution in [0.1, 0.15) is 12.0 Å². The molecule has 0 amide bonds. The zero-order valence-electron chi connectivity index (χ0n) is 6.76. The molecule has 0 aromatic heterocycles. The summed E-state index contributed by atoms with van der Waals surface area (Å²) in [5, 5.41) is 0. The largest absolute Gasteiger partial charge is 0.442 e. The Kier molecular flexibility index (Phi) is 2.19. The Morgan fingerprint density at radius 1 is 1.38 bits per heavy atom. The zero-order chi connectivity index (χ0) is 9.26. The Balaban J connectivity index is 2.37. The fourth-order valence-electron chi connectivity index (χ4n) is 1.32. The SMILES string of the molecule is Fc1ccc2c(c1)CCC(=NCl)O2. The zero-order valence-corrected chi connectivity index (χ0v) is 7.51. The molecule has 2 rings (SSSR count). The summed E-state index contributed by atoms with van der Waals surface area (Å²) in [6, 6.07) is 4.42. The minimum absolute atomic E-state index is 0.242. The second-order valence-electron chi connectivity index (χ2n) is 2.83. The second-order valence-corrected chi connectivity index (χ2v) is 3.00. The molecule has 1 heterocycles. The van der Waals surface area contributed by atoms with Crippen LogP contribution in [0.15, 0.2) is 22.7 Å². The lowest BCUT2D eigenvalue weighted by Gasteiger charge is -2.17. The van der Waals surface area contributed by atoms with E-state index < -0.39 is 0 Å². The maximum Gasteiger partial charge on any atom is 0.207 e. The molecule has 0 fully saturated rings. The first kappa shape index (κ1) is 8.51. The average Bonchev–Trinajstić information content (AvgIpc) is 2.17. The third kappa shape index (κ3) is 1.65. The van der Waals surface area contributed by atoms with Gasteiger partial charge in [-0.3, -0.25) is 0 Å². The second kappa shape index (κ2) is 3.34. The van der Waals surface area contributed by atoms with E-state index in [1.54, 1.807) is 6.07 Å². The fourth-order valence-corrected chi connectivity index (χ4v) is 1.44. The molecule has 0 aliphatic carbocycles. The van der Waals surface area contributed by atoms with Gasteiger partial charge in [0.1, 0.15) is 11.6 Å². The van der Waals surface area contributed by atoms with E-state index >= 15 is 0 Å². The summed E-state index contributed by atoms with van der Waals surface area (Å²) in [5.41, 5.74) is 0.865. The van der Waals surface area contributed by atoms with E-state index in [2.05, 4.69) is 4.51 Å². The van der Waals surface area contributed by atoms with Gasteiger partial charge in [-0.05, 0) is 30.2 Å². The molecule has 0 saturated carbocycles. The number of fused-ring (bicyclic) bond motifs is 1. The number of hydrogen-bond donors (Lipinski definition) is 0. The molecule has 0 atom stereocenters. The highest BCUT2D eigenvalue weighted by atomic mass is 35.5. The predicted molar refractivity (Wildman–Crippen MR) is 48.6 cm³/mol. The molecule has 0 radical (unpaired) electrons. The number of halogens is 2. The number of aryl methyl sites for hydroxylation is 1. The van der Waals surface area contributed by atoms with Crippen LogP contribution >= 0.6 is 11.8 Å². The van der Waals surface area contributed by atoms with Gasteiger partial charge in [0.2, 0.25) is 5.90 Å². The Morgan fingerprint density at radius 2 is 2.23 bits per heavy atom. The van der Waals surface area contributed by atoms with Crippen LogP contribution in [0.2, 0.25) is 0 Å². The smallest absolute Gasteiger partial charge is 0.207 e. The molecule has 4 heteroatoms. The highest BCUT2D eigenvalue weighted by Gasteiger charge is 2.15. The first-order valence-electron chi connectivity index (χ1n) is 3.94. The molecule has 0 spiro atoms. The van der Waals surface area contributed by atoms with Crippen molar-refractivity contribution in [3.63, 3.8) is 0 Å². The molecular formula is C9H7ClFNO. The van der Waals surface area contributed by atoms with Crippen molar-refractivity contribution in [2.24, 2.45) is 4.51 Å². The van der Waals surface area contributed by atoms with Crippen LogP contribution in [0.3, 0.4) is 0 Å². The Hall–Kier alpha value is -1.09. The van der Waals surface area contributed by atoms with Crippen LogP contribution in [-0.4, -0.2) is 5.90 Å². The number of hydrogen-bond acceptors (Lipinski definition) is 2. The van der Waals surface area contributed by atoms with Crippen molar-refractivity contribution < 1.29 is 9.13 Å². The standard InChI is InChI=1S/C9H7ClFNO/c10-12-9-4-1-6-5-7(11)2-3-8(6)13-9/h2-3,5H,1,4H2. The van der Waals surface area contributed by atoms with Gasteiger partial charge in [0.05, 0.1) is 0 Å². The summed E-state index contributed by atoms with van der Waals surface area (Å²) in [6.07, 6.45) is 1.35. The van der Waals surface area contributed by atoms with Gasteiger partial charge in [-0.25, -0.2) is 4.39 Å². The highest BCUT2D eigenvalue weighted by Crippen LogP contribution is 2.26. The fraction of sp³-hybridized carbons (Fsp3) is 0.222. The molecule has 68 valence electrons. The number of ether oxygens (including phenoxy) is 1. The van der Waals surface area contributed by atoms with Crippen molar-refractivity contribution in [2.45, 2.75) is 12.8 Å². The summed E-state index contributed by atoms with van der Waals surface area (Å²) >= 11 is 5.27. The van der Waals surface area contributed by atoms with Crippen LogP contribution in [0.25, 0.3) is 0 Å². The number of rotatable bonds is 0. The van der Waals surface area contributed by atoms with E-state index in [0.717, 1.165) is 12.0 Å². The molecule has 13 heavy (non-hydrogen) atoms. The van der Waals surface area contributed by atoms with Gasteiger partial charge < -0.3 is 4.74 Å². The van der Waals surface area contributed by atoms with Crippen LogP contribution in [-0.2, 0) is 6.42 Å². The predicted octanol–water partition coefficient (Wildman–Crippen LogP) is 2.70. The Bertz CT molecular complexity index is 365. The normalized spacial score (nSPS) is 18.2. The Labute approximate surface area is 80.1 Å². The lowest BCUT2D eigenvalue weighted by Crippen LogP contribution is -2.15. The van der Waals surface area contributed by atoms with E-state index in [9.17, 15) is 4.39 Å². The van der Waals surface area contributed by atoms with Gasteiger partial charge in [0.15, 0.2) is 0 Å². The summed E-state index contributed by atoms with van der Waals surface area (Å²) in [5.74, 6) is 0.890. The first-order chi connectivity index (χ1) is 6.29. The molecule has 0 N–H and O–H groups in total. The molecular weight excluding hydrogens is 193 g/mol. The first-order valence-corrected chi connectivity index (χ1v) is 4.27. The van der Waals surface area contributed by atoms with E-state index in [0.29, 0.717) is 18.1 Å². The maximum absolute atomic E-state index is 12.8. The van der Waals surface area contributed by atoms with Gasteiger partial charge in [-0.2, -0.15) is 0 Å². The van der Waals surface area contributed by atoms with Gasteiger partial charge in [0.25, 0.3) is 0 Å². The van der Waals surface area contributed by atoms with Crippen molar-refractivity contribution in [3.05, 3.63) is 29.6 Å². The van der Waals surface area contributed by atoms with Gasteiger partial charge in [-0.15, -0.1) is 4.51 Å². The van der Waals surface area contributed by atoms with Crippen molar-refractivity contribution >= 4 is 17.7 Å². The molecule has 0 saturated heterocycles. The van der Waals surface area contributed by atoms with Crippen LogP contribution < -0.4 is 4.74 Å². The highest BCUT2D eigenvalue weighted by molar-refractivity contribution is 6.19. The summed E-state index contributed by atoms with van der Waals surface area (Å²) in [6.45, 7) is 0. The molecule has 0 unspecified atom stereocenters. The molecule has 0 bridgehead atoms. The van der Waals surface area contributed by atoms with Gasteiger partial charge >= 0.3 is 0 Å². The molecule has 2 nitrogen and oxygen atoms in total. The Morgan fingerprint density at radius 3 is 3.00 bits per heavy atom. The number of nitrogens with zero attached hydrogens (tertiary/aromatic N) is 1. The van der Waals surface area contributed by atoms with Crippen LogP contribution in [0.5, 0.6) is 5.75 Å². The monoisotopic (exact) mass is 199 g/mol. The third-order valence-electron chi connectivity index (χ3n) is 1.95. The summed E-state index contributed by atoms with van der Waals surface area (Å²) < 4.78 is 21.5. The molecule has 1 aromatic rings. The van der Waals surface area contributed by atoms with E-state index in [1.807, 2.05) is 0 Å². The quantitative estimate of drug-likeness (QED) is 0.630. The van der Waals surface area contributed by atoms with Gasteiger partial charge in [-0.1, -0.05) is 0 Å². The van der Waals surface area contributed by atoms with Crippen LogP contribution in [0, 0.1) is 5.82 Å². The van der Waals surface area contributed by atoms with Gasteiger partial charge in [0, 0.05) is 18.2 Å². The summed E-state index contributed by atoms with van der Waals surface area (Å²) in [4.78, 5) is 0. The third-order valence-corrected chi connectivity index (χ3v) is 2.14. The van der Waals surface area contributed by atoms with E-state index in [1.165, 1.54) is 12.1 Å². The molecule has 1 aliphatic heterocycles. The number of benzene rings is 1. The maximum atomic E-state index is 12.8. The molecule has 1 aliphatic rings. The average molecular weight is 200 g/mol. The lowest BCUT2D eigenvalue weighted by atomic mass is 10.1. The van der Waals surface area contributed by atoms with Crippen molar-refractivity contribution in [1.82, 2.24) is 0 Å². The van der Waals surface area contributed by atoms with Crippen molar-refractivity contribution in [2.75, 3.05) is 0 Å². The van der Waals surface area contributed by atoms with Crippen molar-refractivity contribution in [3.8, 4) is 5.75 Å². The van der Waals surface area contributed by atoms with E-state index in [-0.39, 0.29) is 5.82 Å². The summed E-state index contributed by atoms with van der Waals surface area (Å²) in [7, 11) is 0. The lowest BCUT2D eigenvalue weighted by molar-refractivity contribution is 0.501. The molecule has 1 aromatic carbocycles.